The lowest BCUT2D eigenvalue weighted by molar-refractivity contribution is 0.185. The summed E-state index contributed by atoms with van der Waals surface area (Å²) in [6.45, 7) is 1.10. The number of nitrogens with two attached hydrogens (primary N) is 1. The minimum atomic E-state index is 0.0465. The normalized spacial score (nSPS) is 12.2. The molecule has 3 nitrogen and oxygen atoms in total. The Morgan fingerprint density at radius 2 is 2.00 bits per heavy atom. The van der Waals surface area contributed by atoms with E-state index in [9.17, 15) is 0 Å². The van der Waals surface area contributed by atoms with Gasteiger partial charge in [-0.15, -0.1) is 0 Å². The highest BCUT2D eigenvalue weighted by atomic mass is 35.5. The van der Waals surface area contributed by atoms with Crippen molar-refractivity contribution in [3.63, 3.8) is 0 Å². The molecule has 4 heteroatoms. The highest BCUT2D eigenvalue weighted by Gasteiger charge is 2.10. The van der Waals surface area contributed by atoms with E-state index in [4.69, 9.17) is 22.1 Å². The molecule has 0 aromatic heterocycles. The van der Waals surface area contributed by atoms with Crippen LogP contribution in [-0.2, 0) is 11.3 Å². The van der Waals surface area contributed by atoms with Crippen LogP contribution in [0.25, 0.3) is 0 Å². The van der Waals surface area contributed by atoms with E-state index in [-0.39, 0.29) is 6.04 Å². The van der Waals surface area contributed by atoms with Crippen LogP contribution in [0.15, 0.2) is 48.5 Å². The number of ether oxygens (including phenoxy) is 1. The van der Waals surface area contributed by atoms with Crippen molar-refractivity contribution in [2.45, 2.75) is 12.6 Å². The van der Waals surface area contributed by atoms with Gasteiger partial charge in [-0.2, -0.15) is 0 Å². The third-order valence-electron chi connectivity index (χ3n) is 3.07. The summed E-state index contributed by atoms with van der Waals surface area (Å²) in [6, 6.07) is 15.9. The van der Waals surface area contributed by atoms with Gasteiger partial charge in [-0.3, -0.25) is 0 Å². The van der Waals surface area contributed by atoms with Gasteiger partial charge in [0, 0.05) is 24.4 Å². The number of methoxy groups -OCH3 is 1. The van der Waals surface area contributed by atoms with Crippen LogP contribution in [0.3, 0.4) is 0 Å². The van der Waals surface area contributed by atoms with Crippen LogP contribution in [-0.4, -0.2) is 13.7 Å². The monoisotopic (exact) mass is 290 g/mol. The fraction of sp³-hybridized carbons (Fsp3) is 0.250. The van der Waals surface area contributed by atoms with Crippen LogP contribution < -0.4 is 11.1 Å². The van der Waals surface area contributed by atoms with Gasteiger partial charge < -0.3 is 15.8 Å². The average molecular weight is 291 g/mol. The molecule has 106 valence electrons. The Bertz CT molecular complexity index is 560. The predicted molar refractivity (Wildman–Crippen MR) is 84.0 cm³/mol. The summed E-state index contributed by atoms with van der Waals surface area (Å²) in [5.74, 6) is 0. The Kier molecular flexibility index (Phi) is 5.41. The van der Waals surface area contributed by atoms with Crippen molar-refractivity contribution < 1.29 is 4.74 Å². The maximum atomic E-state index is 6.00. The molecule has 0 heterocycles. The van der Waals surface area contributed by atoms with Crippen LogP contribution in [0.5, 0.6) is 0 Å². The topological polar surface area (TPSA) is 47.3 Å². The van der Waals surface area contributed by atoms with Gasteiger partial charge in [-0.25, -0.2) is 0 Å². The Morgan fingerprint density at radius 1 is 1.20 bits per heavy atom. The van der Waals surface area contributed by atoms with E-state index in [1.165, 1.54) is 0 Å². The molecule has 0 aliphatic heterocycles. The SMILES string of the molecule is COCc1cccc(C(CN)Nc2cccc(Cl)c2)c1. The summed E-state index contributed by atoms with van der Waals surface area (Å²) < 4.78 is 5.16. The van der Waals surface area contributed by atoms with E-state index < -0.39 is 0 Å². The molecule has 0 radical (unpaired) electrons. The zero-order valence-corrected chi connectivity index (χ0v) is 12.2. The van der Waals surface area contributed by atoms with Gasteiger partial charge in [0.15, 0.2) is 0 Å². The second-order valence-corrected chi connectivity index (χ2v) is 5.06. The molecular weight excluding hydrogens is 272 g/mol. The molecule has 0 aliphatic carbocycles. The second kappa shape index (κ2) is 7.29. The predicted octanol–water partition coefficient (Wildman–Crippen LogP) is 3.60. The fourth-order valence-corrected chi connectivity index (χ4v) is 2.31. The second-order valence-electron chi connectivity index (χ2n) is 4.62. The zero-order chi connectivity index (χ0) is 14.4. The number of hydrogen-bond acceptors (Lipinski definition) is 3. The zero-order valence-electron chi connectivity index (χ0n) is 11.5. The van der Waals surface area contributed by atoms with Crippen molar-refractivity contribution in [1.82, 2.24) is 0 Å². The van der Waals surface area contributed by atoms with Crippen molar-refractivity contribution >= 4 is 17.3 Å². The van der Waals surface area contributed by atoms with E-state index in [2.05, 4.69) is 17.4 Å². The Balaban J connectivity index is 2.17. The van der Waals surface area contributed by atoms with E-state index in [0.717, 1.165) is 16.8 Å². The number of halogens is 1. The summed E-state index contributed by atoms with van der Waals surface area (Å²) >= 11 is 6.00. The molecular formula is C16H19ClN2O. The summed E-state index contributed by atoms with van der Waals surface area (Å²) in [5, 5.41) is 4.11. The maximum Gasteiger partial charge on any atom is 0.0713 e. The third kappa shape index (κ3) is 3.97. The average Bonchev–Trinajstić information content (AvgIpc) is 2.45. The van der Waals surface area contributed by atoms with E-state index in [1.807, 2.05) is 36.4 Å². The molecule has 2 aromatic rings. The van der Waals surface area contributed by atoms with E-state index in [0.29, 0.717) is 18.2 Å². The lowest BCUT2D eigenvalue weighted by Crippen LogP contribution is -2.20. The van der Waals surface area contributed by atoms with Crippen molar-refractivity contribution in [2.75, 3.05) is 19.0 Å². The molecule has 2 aromatic carbocycles. The summed E-state index contributed by atoms with van der Waals surface area (Å²) in [7, 11) is 1.69. The molecule has 1 unspecified atom stereocenters. The van der Waals surface area contributed by atoms with Crippen molar-refractivity contribution in [3.05, 3.63) is 64.7 Å². The first kappa shape index (κ1) is 14.9. The number of hydrogen-bond donors (Lipinski definition) is 2. The van der Waals surface area contributed by atoms with Gasteiger partial charge in [0.2, 0.25) is 0 Å². The molecule has 0 aliphatic rings. The van der Waals surface area contributed by atoms with Gasteiger partial charge in [0.05, 0.1) is 12.6 Å². The van der Waals surface area contributed by atoms with E-state index >= 15 is 0 Å². The van der Waals surface area contributed by atoms with Crippen molar-refractivity contribution in [2.24, 2.45) is 5.73 Å². The lowest BCUT2D eigenvalue weighted by Gasteiger charge is -2.19. The Labute approximate surface area is 124 Å². The molecule has 0 amide bonds. The molecule has 0 fully saturated rings. The van der Waals surface area contributed by atoms with Gasteiger partial charge in [0.1, 0.15) is 0 Å². The smallest absolute Gasteiger partial charge is 0.0713 e. The Morgan fingerprint density at radius 3 is 2.70 bits per heavy atom. The van der Waals surface area contributed by atoms with Gasteiger partial charge >= 0.3 is 0 Å². The van der Waals surface area contributed by atoms with Gasteiger partial charge in [-0.1, -0.05) is 41.9 Å². The highest BCUT2D eigenvalue weighted by molar-refractivity contribution is 6.30. The molecule has 0 saturated heterocycles. The summed E-state index contributed by atoms with van der Waals surface area (Å²) in [5.41, 5.74) is 9.13. The number of rotatable bonds is 6. The highest BCUT2D eigenvalue weighted by Crippen LogP contribution is 2.22. The molecule has 0 saturated carbocycles. The minimum Gasteiger partial charge on any atom is -0.380 e. The first-order valence-corrected chi connectivity index (χ1v) is 6.90. The molecule has 0 spiro atoms. The Hall–Kier alpha value is -1.55. The minimum absolute atomic E-state index is 0.0465. The lowest BCUT2D eigenvalue weighted by atomic mass is 10.0. The number of benzene rings is 2. The molecule has 3 N–H and O–H groups in total. The van der Waals surface area contributed by atoms with E-state index in [1.54, 1.807) is 7.11 Å². The molecule has 0 bridgehead atoms. The van der Waals surface area contributed by atoms with Gasteiger partial charge in [-0.05, 0) is 29.3 Å². The summed E-state index contributed by atoms with van der Waals surface area (Å²) in [6.07, 6.45) is 0. The molecule has 20 heavy (non-hydrogen) atoms. The van der Waals surface area contributed by atoms with Crippen LogP contribution in [0.2, 0.25) is 5.02 Å². The molecule has 1 atom stereocenters. The van der Waals surface area contributed by atoms with Gasteiger partial charge in [0.25, 0.3) is 0 Å². The standard InChI is InChI=1S/C16H19ClN2O/c1-20-11-12-4-2-5-13(8-12)16(10-18)19-15-7-3-6-14(17)9-15/h2-9,16,19H,10-11,18H2,1H3. The van der Waals surface area contributed by atoms with Crippen molar-refractivity contribution in [3.8, 4) is 0 Å². The van der Waals surface area contributed by atoms with Crippen LogP contribution in [0.1, 0.15) is 17.2 Å². The summed E-state index contributed by atoms with van der Waals surface area (Å²) in [4.78, 5) is 0. The largest absolute Gasteiger partial charge is 0.380 e. The molecule has 2 rings (SSSR count). The maximum absolute atomic E-state index is 6.00. The van der Waals surface area contributed by atoms with Crippen LogP contribution in [0.4, 0.5) is 5.69 Å². The number of nitrogens with one attached hydrogen (secondary N) is 1. The first-order valence-electron chi connectivity index (χ1n) is 6.53. The third-order valence-corrected chi connectivity index (χ3v) is 3.30. The number of anilines is 1. The fourth-order valence-electron chi connectivity index (χ4n) is 2.12. The quantitative estimate of drug-likeness (QED) is 0.854. The van der Waals surface area contributed by atoms with Crippen molar-refractivity contribution in [1.29, 1.82) is 0 Å². The van der Waals surface area contributed by atoms with Crippen LogP contribution in [0, 0.1) is 0 Å². The first-order chi connectivity index (χ1) is 9.72. The van der Waals surface area contributed by atoms with Crippen LogP contribution >= 0.6 is 11.6 Å².